The zero-order valence-corrected chi connectivity index (χ0v) is 11.3. The number of carbonyl (C=O) groups is 2. The van der Waals surface area contributed by atoms with E-state index in [9.17, 15) is 9.59 Å². The highest BCUT2D eigenvalue weighted by molar-refractivity contribution is 9.10. The molecule has 2 rings (SSSR count). The molecule has 0 aliphatic carbocycles. The molecule has 5 nitrogen and oxygen atoms in total. The molecule has 6 heteroatoms. The molecular formula is C13H10BrN3O2. The van der Waals surface area contributed by atoms with Gasteiger partial charge in [-0.05, 0) is 52.3 Å². The molecule has 96 valence electrons. The third-order valence-electron chi connectivity index (χ3n) is 2.38. The van der Waals surface area contributed by atoms with Gasteiger partial charge in [-0.1, -0.05) is 6.07 Å². The number of nitrogens with zero attached hydrogens (tertiary/aromatic N) is 1. The van der Waals surface area contributed by atoms with E-state index < -0.39 is 5.91 Å². The first kappa shape index (κ1) is 13.2. The fraction of sp³-hybridized carbons (Fsp3) is 0. The van der Waals surface area contributed by atoms with Gasteiger partial charge >= 0.3 is 0 Å². The van der Waals surface area contributed by atoms with Gasteiger partial charge in [0, 0.05) is 11.3 Å². The third kappa shape index (κ3) is 3.38. The highest BCUT2D eigenvalue weighted by Gasteiger charge is 2.08. The summed E-state index contributed by atoms with van der Waals surface area (Å²) in [6.07, 6.45) is 0. The van der Waals surface area contributed by atoms with Crippen LogP contribution in [0.3, 0.4) is 0 Å². The van der Waals surface area contributed by atoms with Gasteiger partial charge in [-0.2, -0.15) is 0 Å². The zero-order valence-electron chi connectivity index (χ0n) is 9.76. The summed E-state index contributed by atoms with van der Waals surface area (Å²) in [6.45, 7) is 0. The van der Waals surface area contributed by atoms with Crippen LogP contribution in [0.5, 0.6) is 0 Å². The quantitative estimate of drug-likeness (QED) is 0.850. The number of aromatic nitrogens is 1. The van der Waals surface area contributed by atoms with Crippen molar-refractivity contribution in [3.8, 4) is 0 Å². The van der Waals surface area contributed by atoms with E-state index in [2.05, 4.69) is 26.2 Å². The summed E-state index contributed by atoms with van der Waals surface area (Å²) in [5.41, 5.74) is 6.38. The number of nitrogens with one attached hydrogen (secondary N) is 1. The largest absolute Gasteiger partial charge is 0.366 e. The molecule has 0 bridgehead atoms. The lowest BCUT2D eigenvalue weighted by molar-refractivity contribution is 0.0998. The Morgan fingerprint density at radius 3 is 2.37 bits per heavy atom. The van der Waals surface area contributed by atoms with Crippen LogP contribution in [0.25, 0.3) is 0 Å². The molecule has 19 heavy (non-hydrogen) atoms. The van der Waals surface area contributed by atoms with Crippen molar-refractivity contribution in [1.29, 1.82) is 0 Å². The monoisotopic (exact) mass is 319 g/mol. The van der Waals surface area contributed by atoms with Gasteiger partial charge in [0.15, 0.2) is 0 Å². The topological polar surface area (TPSA) is 85.1 Å². The molecule has 3 N–H and O–H groups in total. The van der Waals surface area contributed by atoms with Gasteiger partial charge in [0.05, 0.1) is 0 Å². The predicted molar refractivity (Wildman–Crippen MR) is 74.9 cm³/mol. The Hall–Kier alpha value is -2.21. The molecule has 1 aromatic carbocycles. The van der Waals surface area contributed by atoms with Crippen LogP contribution in [-0.2, 0) is 0 Å². The summed E-state index contributed by atoms with van der Waals surface area (Å²) in [4.78, 5) is 26.9. The number of anilines is 1. The second-order valence-corrected chi connectivity index (χ2v) is 4.55. The molecule has 0 unspecified atom stereocenters. The minimum atomic E-state index is -0.508. The fourth-order valence-corrected chi connectivity index (χ4v) is 1.79. The fourth-order valence-electron chi connectivity index (χ4n) is 1.45. The number of carbonyl (C=O) groups excluding carboxylic acids is 2. The summed E-state index contributed by atoms with van der Waals surface area (Å²) in [7, 11) is 0. The van der Waals surface area contributed by atoms with Crippen LogP contribution in [-0.4, -0.2) is 16.8 Å². The zero-order chi connectivity index (χ0) is 13.8. The molecular weight excluding hydrogens is 310 g/mol. The molecule has 1 aromatic heterocycles. The van der Waals surface area contributed by atoms with Crippen LogP contribution in [0.1, 0.15) is 20.8 Å². The van der Waals surface area contributed by atoms with Crippen molar-refractivity contribution >= 4 is 33.4 Å². The summed E-state index contributed by atoms with van der Waals surface area (Å²) < 4.78 is 0.587. The third-order valence-corrected chi connectivity index (χ3v) is 2.82. The van der Waals surface area contributed by atoms with Crippen molar-refractivity contribution in [3.05, 3.63) is 58.3 Å². The van der Waals surface area contributed by atoms with Crippen molar-refractivity contribution in [3.63, 3.8) is 0 Å². The SMILES string of the molecule is NC(=O)c1ccc(NC(=O)c2cccc(Br)n2)cc1. The second-order valence-electron chi connectivity index (χ2n) is 3.74. The van der Waals surface area contributed by atoms with Crippen LogP contribution < -0.4 is 11.1 Å². The Bertz CT molecular complexity index is 626. The number of primary amides is 1. The number of nitrogens with two attached hydrogens (primary N) is 1. The number of hydrogen-bond donors (Lipinski definition) is 2. The Labute approximate surface area is 118 Å². The van der Waals surface area contributed by atoms with Gasteiger partial charge in [-0.15, -0.1) is 0 Å². The maximum atomic E-state index is 11.9. The van der Waals surface area contributed by atoms with Crippen molar-refractivity contribution in [2.24, 2.45) is 5.73 Å². The van der Waals surface area contributed by atoms with Crippen molar-refractivity contribution in [2.45, 2.75) is 0 Å². The highest BCUT2D eigenvalue weighted by atomic mass is 79.9. The van der Waals surface area contributed by atoms with Gasteiger partial charge in [-0.25, -0.2) is 4.98 Å². The number of halogens is 1. The molecule has 2 amide bonds. The number of hydrogen-bond acceptors (Lipinski definition) is 3. The molecule has 0 aliphatic rings. The summed E-state index contributed by atoms with van der Waals surface area (Å²) in [5, 5.41) is 2.68. The molecule has 1 heterocycles. The average Bonchev–Trinajstić information content (AvgIpc) is 2.39. The van der Waals surface area contributed by atoms with Crippen molar-refractivity contribution in [1.82, 2.24) is 4.98 Å². The number of rotatable bonds is 3. The second kappa shape index (κ2) is 5.62. The van der Waals surface area contributed by atoms with E-state index in [1.807, 2.05) is 0 Å². The molecule has 0 spiro atoms. The van der Waals surface area contributed by atoms with E-state index in [1.165, 1.54) is 0 Å². The first-order valence-corrected chi connectivity index (χ1v) is 6.19. The van der Waals surface area contributed by atoms with E-state index in [-0.39, 0.29) is 5.91 Å². The maximum Gasteiger partial charge on any atom is 0.274 e. The molecule has 0 saturated carbocycles. The smallest absolute Gasteiger partial charge is 0.274 e. The minimum Gasteiger partial charge on any atom is -0.366 e. The average molecular weight is 320 g/mol. The van der Waals surface area contributed by atoms with Gasteiger partial charge in [-0.3, -0.25) is 9.59 Å². The molecule has 0 radical (unpaired) electrons. The molecule has 2 aromatic rings. The standard InChI is InChI=1S/C13H10BrN3O2/c14-11-3-1-2-10(17-11)13(19)16-9-6-4-8(5-7-9)12(15)18/h1-7H,(H2,15,18)(H,16,19). The lowest BCUT2D eigenvalue weighted by atomic mass is 10.2. The summed E-state index contributed by atoms with van der Waals surface area (Å²) in [6, 6.07) is 11.4. The normalized spacial score (nSPS) is 9.95. The maximum absolute atomic E-state index is 11.9. The molecule has 0 atom stereocenters. The van der Waals surface area contributed by atoms with Gasteiger partial charge in [0.25, 0.3) is 5.91 Å². The number of amides is 2. The predicted octanol–water partition coefficient (Wildman–Crippen LogP) is 2.20. The summed E-state index contributed by atoms with van der Waals surface area (Å²) >= 11 is 3.20. The lowest BCUT2D eigenvalue weighted by Crippen LogP contribution is -2.14. The Kier molecular flexibility index (Phi) is 3.91. The first-order chi connectivity index (χ1) is 9.06. The van der Waals surface area contributed by atoms with Crippen molar-refractivity contribution < 1.29 is 9.59 Å². The Morgan fingerprint density at radius 1 is 1.11 bits per heavy atom. The van der Waals surface area contributed by atoms with Gasteiger partial charge < -0.3 is 11.1 Å². The van der Waals surface area contributed by atoms with Crippen molar-refractivity contribution in [2.75, 3.05) is 5.32 Å². The molecule has 0 aliphatic heterocycles. The molecule has 0 saturated heterocycles. The Balaban J connectivity index is 2.13. The first-order valence-electron chi connectivity index (χ1n) is 5.40. The number of pyridine rings is 1. The van der Waals surface area contributed by atoms with E-state index >= 15 is 0 Å². The summed E-state index contributed by atoms with van der Waals surface area (Å²) in [5.74, 6) is -0.834. The van der Waals surface area contributed by atoms with Gasteiger partial charge in [0.1, 0.15) is 10.3 Å². The van der Waals surface area contributed by atoms with Crippen LogP contribution >= 0.6 is 15.9 Å². The van der Waals surface area contributed by atoms with E-state index in [4.69, 9.17) is 5.73 Å². The van der Waals surface area contributed by atoms with Gasteiger partial charge in [0.2, 0.25) is 5.91 Å². The molecule has 0 fully saturated rings. The lowest BCUT2D eigenvalue weighted by Gasteiger charge is -2.05. The van der Waals surface area contributed by atoms with Crippen LogP contribution in [0.2, 0.25) is 0 Å². The highest BCUT2D eigenvalue weighted by Crippen LogP contribution is 2.12. The van der Waals surface area contributed by atoms with E-state index in [0.29, 0.717) is 21.5 Å². The number of benzene rings is 1. The van der Waals surface area contributed by atoms with Crippen LogP contribution in [0.4, 0.5) is 5.69 Å². The minimum absolute atomic E-state index is 0.299. The van der Waals surface area contributed by atoms with Crippen LogP contribution in [0, 0.1) is 0 Å². The van der Waals surface area contributed by atoms with E-state index in [0.717, 1.165) is 0 Å². The Morgan fingerprint density at radius 2 is 1.79 bits per heavy atom. The van der Waals surface area contributed by atoms with Crippen LogP contribution in [0.15, 0.2) is 47.1 Å². The van der Waals surface area contributed by atoms with E-state index in [1.54, 1.807) is 42.5 Å².